The summed E-state index contributed by atoms with van der Waals surface area (Å²) in [4.78, 5) is 2.18. The van der Waals surface area contributed by atoms with Crippen LogP contribution >= 0.6 is 12.2 Å². The van der Waals surface area contributed by atoms with Crippen LogP contribution in [-0.2, 0) is 9.47 Å². The average molecular weight is 260 g/mol. The molecule has 1 heterocycles. The molecule has 5 heteroatoms. The fourth-order valence-corrected chi connectivity index (χ4v) is 2.07. The molecule has 1 fully saturated rings. The van der Waals surface area contributed by atoms with Crippen LogP contribution in [0.25, 0.3) is 0 Å². The SMILES string of the molecule is CCOCCCNC(=S)N1CCOC(C)(C)C1. The smallest absolute Gasteiger partial charge is 0.169 e. The lowest BCUT2D eigenvalue weighted by atomic mass is 10.1. The minimum absolute atomic E-state index is 0.102. The highest BCUT2D eigenvalue weighted by molar-refractivity contribution is 7.80. The Hall–Kier alpha value is -0.390. The molecule has 0 unspecified atom stereocenters. The molecule has 0 spiro atoms. The molecule has 0 bridgehead atoms. The van der Waals surface area contributed by atoms with Gasteiger partial charge in [-0.3, -0.25) is 0 Å². The fourth-order valence-electron chi connectivity index (χ4n) is 1.82. The van der Waals surface area contributed by atoms with E-state index in [0.29, 0.717) is 0 Å². The second-order valence-corrected chi connectivity index (χ2v) is 5.20. The first-order valence-corrected chi connectivity index (χ1v) is 6.70. The van der Waals surface area contributed by atoms with Gasteiger partial charge < -0.3 is 19.7 Å². The standard InChI is InChI=1S/C12H24N2O2S/c1-4-15-8-5-6-13-11(17)14-7-9-16-12(2,3)10-14/h4-10H2,1-3H3,(H,13,17). The maximum atomic E-state index is 5.65. The normalized spacial score (nSPS) is 19.1. The van der Waals surface area contributed by atoms with Gasteiger partial charge in [0.15, 0.2) is 5.11 Å². The Bertz CT molecular complexity index is 247. The topological polar surface area (TPSA) is 33.7 Å². The molecule has 1 rings (SSSR count). The maximum absolute atomic E-state index is 5.65. The number of morpholine rings is 1. The molecule has 0 aliphatic carbocycles. The Morgan fingerprint density at radius 2 is 2.29 bits per heavy atom. The third-order valence-electron chi connectivity index (χ3n) is 2.66. The van der Waals surface area contributed by atoms with Gasteiger partial charge in [-0.1, -0.05) is 0 Å². The van der Waals surface area contributed by atoms with Crippen molar-refractivity contribution < 1.29 is 9.47 Å². The van der Waals surface area contributed by atoms with E-state index in [9.17, 15) is 0 Å². The summed E-state index contributed by atoms with van der Waals surface area (Å²) in [6.45, 7) is 11.1. The van der Waals surface area contributed by atoms with Gasteiger partial charge in [-0.2, -0.15) is 0 Å². The summed E-state index contributed by atoms with van der Waals surface area (Å²) in [5.74, 6) is 0. The Morgan fingerprint density at radius 1 is 1.53 bits per heavy atom. The summed E-state index contributed by atoms with van der Waals surface area (Å²) < 4.78 is 10.9. The third-order valence-corrected chi connectivity index (χ3v) is 3.06. The monoisotopic (exact) mass is 260 g/mol. The van der Waals surface area contributed by atoms with E-state index in [0.717, 1.165) is 51.0 Å². The molecule has 0 aromatic carbocycles. The molecule has 1 aliphatic rings. The predicted molar refractivity (Wildman–Crippen MR) is 73.3 cm³/mol. The van der Waals surface area contributed by atoms with Crippen LogP contribution < -0.4 is 5.32 Å². The average Bonchev–Trinajstić information content (AvgIpc) is 2.27. The van der Waals surface area contributed by atoms with Gasteiger partial charge in [0.05, 0.1) is 12.2 Å². The molecule has 0 saturated carbocycles. The molecular weight excluding hydrogens is 236 g/mol. The molecule has 1 saturated heterocycles. The molecule has 17 heavy (non-hydrogen) atoms. The number of hydrogen-bond donors (Lipinski definition) is 1. The van der Waals surface area contributed by atoms with Crippen LogP contribution in [0.3, 0.4) is 0 Å². The minimum atomic E-state index is -0.102. The van der Waals surface area contributed by atoms with E-state index in [2.05, 4.69) is 24.1 Å². The van der Waals surface area contributed by atoms with Gasteiger partial charge in [0.2, 0.25) is 0 Å². The van der Waals surface area contributed by atoms with E-state index < -0.39 is 0 Å². The second-order valence-electron chi connectivity index (χ2n) is 4.81. The van der Waals surface area contributed by atoms with Crippen molar-refractivity contribution in [2.45, 2.75) is 32.8 Å². The summed E-state index contributed by atoms with van der Waals surface area (Å²) in [5.41, 5.74) is -0.102. The molecular formula is C12H24N2O2S. The Labute approximate surface area is 110 Å². The zero-order valence-corrected chi connectivity index (χ0v) is 11.9. The maximum Gasteiger partial charge on any atom is 0.169 e. The van der Waals surface area contributed by atoms with E-state index in [1.807, 2.05) is 6.92 Å². The summed E-state index contributed by atoms with van der Waals surface area (Å²) in [5, 5.41) is 4.10. The quantitative estimate of drug-likeness (QED) is 0.597. The molecule has 0 aromatic heterocycles. The number of hydrogen-bond acceptors (Lipinski definition) is 3. The first kappa shape index (κ1) is 14.7. The zero-order valence-electron chi connectivity index (χ0n) is 11.1. The van der Waals surface area contributed by atoms with Gasteiger partial charge in [-0.25, -0.2) is 0 Å². The fraction of sp³-hybridized carbons (Fsp3) is 0.917. The van der Waals surface area contributed by atoms with Crippen LogP contribution in [0.2, 0.25) is 0 Å². The predicted octanol–water partition coefficient (Wildman–Crippen LogP) is 1.40. The van der Waals surface area contributed by atoms with Crippen LogP contribution in [0.4, 0.5) is 0 Å². The summed E-state index contributed by atoms with van der Waals surface area (Å²) in [6.07, 6.45) is 0.988. The second kappa shape index (κ2) is 7.13. The summed E-state index contributed by atoms with van der Waals surface area (Å²) >= 11 is 5.37. The first-order valence-electron chi connectivity index (χ1n) is 6.29. The van der Waals surface area contributed by atoms with Crippen molar-refractivity contribution in [3.63, 3.8) is 0 Å². The number of nitrogens with one attached hydrogen (secondary N) is 1. The highest BCUT2D eigenvalue weighted by Crippen LogP contribution is 2.16. The van der Waals surface area contributed by atoms with Crippen LogP contribution in [0.5, 0.6) is 0 Å². The molecule has 4 nitrogen and oxygen atoms in total. The molecule has 0 radical (unpaired) electrons. The Kier molecular flexibility index (Phi) is 6.16. The Morgan fingerprint density at radius 3 is 2.94 bits per heavy atom. The zero-order chi connectivity index (χ0) is 12.7. The number of nitrogens with zero attached hydrogens (tertiary/aromatic N) is 1. The van der Waals surface area contributed by atoms with Crippen LogP contribution in [0.15, 0.2) is 0 Å². The lowest BCUT2D eigenvalue weighted by Gasteiger charge is -2.39. The lowest BCUT2D eigenvalue weighted by molar-refractivity contribution is -0.0678. The molecule has 1 N–H and O–H groups in total. The van der Waals surface area contributed by atoms with Crippen molar-refractivity contribution in [2.75, 3.05) is 39.5 Å². The molecule has 0 atom stereocenters. The van der Waals surface area contributed by atoms with Gasteiger partial charge in [0.1, 0.15) is 0 Å². The van der Waals surface area contributed by atoms with Gasteiger partial charge in [-0.15, -0.1) is 0 Å². The highest BCUT2D eigenvalue weighted by Gasteiger charge is 2.28. The summed E-state index contributed by atoms with van der Waals surface area (Å²) in [6, 6.07) is 0. The van der Waals surface area contributed by atoms with Gasteiger partial charge in [0.25, 0.3) is 0 Å². The molecule has 100 valence electrons. The first-order chi connectivity index (χ1) is 8.05. The van der Waals surface area contributed by atoms with Crippen molar-refractivity contribution in [3.8, 4) is 0 Å². The van der Waals surface area contributed by atoms with E-state index >= 15 is 0 Å². The van der Waals surface area contributed by atoms with Crippen LogP contribution in [0, 0.1) is 0 Å². The van der Waals surface area contributed by atoms with Crippen LogP contribution in [-0.4, -0.2) is 55.1 Å². The molecule has 0 amide bonds. The number of rotatable bonds is 5. The number of thiocarbonyl (C=S) groups is 1. The molecule has 0 aromatic rings. The van der Waals surface area contributed by atoms with Crippen molar-refractivity contribution in [1.29, 1.82) is 0 Å². The van der Waals surface area contributed by atoms with Crippen molar-refractivity contribution >= 4 is 17.3 Å². The number of ether oxygens (including phenoxy) is 2. The van der Waals surface area contributed by atoms with E-state index in [-0.39, 0.29) is 5.60 Å². The van der Waals surface area contributed by atoms with Crippen molar-refractivity contribution in [1.82, 2.24) is 10.2 Å². The lowest BCUT2D eigenvalue weighted by Crippen LogP contribution is -2.53. The molecule has 1 aliphatic heterocycles. The minimum Gasteiger partial charge on any atom is -0.382 e. The van der Waals surface area contributed by atoms with E-state index in [1.165, 1.54) is 0 Å². The third kappa shape index (κ3) is 5.66. The van der Waals surface area contributed by atoms with Crippen LogP contribution in [0.1, 0.15) is 27.2 Å². The summed E-state index contributed by atoms with van der Waals surface area (Å²) in [7, 11) is 0. The van der Waals surface area contributed by atoms with E-state index in [4.69, 9.17) is 21.7 Å². The highest BCUT2D eigenvalue weighted by atomic mass is 32.1. The van der Waals surface area contributed by atoms with Gasteiger partial charge >= 0.3 is 0 Å². The van der Waals surface area contributed by atoms with Gasteiger partial charge in [0, 0.05) is 32.8 Å². The van der Waals surface area contributed by atoms with Gasteiger partial charge in [-0.05, 0) is 39.4 Å². The van der Waals surface area contributed by atoms with E-state index in [1.54, 1.807) is 0 Å². The van der Waals surface area contributed by atoms with Crippen molar-refractivity contribution in [2.24, 2.45) is 0 Å². The Balaban J connectivity index is 2.18. The largest absolute Gasteiger partial charge is 0.382 e. The van der Waals surface area contributed by atoms with Crippen molar-refractivity contribution in [3.05, 3.63) is 0 Å².